The molecule has 0 radical (unpaired) electrons. The van der Waals surface area contributed by atoms with Crippen LogP contribution < -0.4 is 15.4 Å². The third-order valence-electron chi connectivity index (χ3n) is 8.00. The summed E-state index contributed by atoms with van der Waals surface area (Å²) >= 11 is 0. The summed E-state index contributed by atoms with van der Waals surface area (Å²) in [5.41, 5.74) is 13.3. The molecule has 0 bridgehead atoms. The van der Waals surface area contributed by atoms with Crippen LogP contribution in [0, 0.1) is 20.8 Å². The molecule has 9 heteroatoms. The molecule has 2 aliphatic heterocycles. The minimum absolute atomic E-state index is 0.207. The van der Waals surface area contributed by atoms with Crippen LogP contribution in [-0.4, -0.2) is 77.8 Å². The molecule has 1 amide bonds. The average Bonchev–Trinajstić information content (AvgIpc) is 3.27. The third-order valence-corrected chi connectivity index (χ3v) is 8.00. The van der Waals surface area contributed by atoms with Gasteiger partial charge in [-0.3, -0.25) is 14.5 Å². The van der Waals surface area contributed by atoms with Gasteiger partial charge in [-0.2, -0.15) is 4.68 Å². The van der Waals surface area contributed by atoms with Crippen LogP contribution in [0.15, 0.2) is 36.4 Å². The van der Waals surface area contributed by atoms with E-state index in [2.05, 4.69) is 47.8 Å². The number of nitrogens with zero attached hydrogens (tertiary/aromatic N) is 5. The van der Waals surface area contributed by atoms with Gasteiger partial charge in [0.25, 0.3) is 5.91 Å². The number of nitrogen functional groups attached to an aromatic ring is 1. The van der Waals surface area contributed by atoms with Crippen LogP contribution >= 0.6 is 0 Å². The fraction of sp³-hybridized carbons (Fsp3) is 0.433. The second-order valence-corrected chi connectivity index (χ2v) is 10.7. The lowest BCUT2D eigenvalue weighted by atomic mass is 9.99. The number of benzene rings is 2. The highest BCUT2D eigenvalue weighted by Crippen LogP contribution is 2.29. The van der Waals surface area contributed by atoms with E-state index in [1.54, 1.807) is 12.0 Å². The smallest absolute Gasteiger partial charge is 0.277 e. The first-order chi connectivity index (χ1) is 18.7. The van der Waals surface area contributed by atoms with Gasteiger partial charge < -0.3 is 20.3 Å². The molecule has 2 N–H and O–H groups in total. The molecule has 206 valence electrons. The van der Waals surface area contributed by atoms with Crippen molar-refractivity contribution in [3.05, 3.63) is 69.9 Å². The molecule has 2 aromatic carbocycles. The first kappa shape index (κ1) is 26.9. The first-order valence-electron chi connectivity index (χ1n) is 13.6. The monoisotopic (exact) mass is 530 g/mol. The minimum atomic E-state index is -0.255. The molecule has 2 aliphatic rings. The van der Waals surface area contributed by atoms with Crippen molar-refractivity contribution in [2.45, 2.75) is 40.2 Å². The number of piperazine rings is 1. The van der Waals surface area contributed by atoms with Gasteiger partial charge in [-0.05, 0) is 68.1 Å². The van der Waals surface area contributed by atoms with Gasteiger partial charge in [0, 0.05) is 63.5 Å². The van der Waals surface area contributed by atoms with Crippen molar-refractivity contribution in [3.8, 4) is 5.75 Å². The maximum Gasteiger partial charge on any atom is 0.277 e. The number of aryl methyl sites for hydroxylation is 3. The summed E-state index contributed by atoms with van der Waals surface area (Å²) in [6.07, 6.45) is 0.827. The zero-order chi connectivity index (χ0) is 27.7. The Morgan fingerprint density at radius 1 is 0.974 bits per heavy atom. The summed E-state index contributed by atoms with van der Waals surface area (Å²) < 4.78 is 6.47. The van der Waals surface area contributed by atoms with Crippen LogP contribution in [0.1, 0.15) is 49.5 Å². The number of nitrogens with two attached hydrogens (primary N) is 1. The predicted octanol–water partition coefficient (Wildman–Crippen LogP) is 3.45. The summed E-state index contributed by atoms with van der Waals surface area (Å²) in [5.74, 6) is 0.515. The molecule has 0 saturated carbocycles. The zero-order valence-electron chi connectivity index (χ0n) is 23.4. The lowest BCUT2D eigenvalue weighted by molar-refractivity contribution is 0.0812. The van der Waals surface area contributed by atoms with Crippen molar-refractivity contribution in [1.29, 1.82) is 0 Å². The number of amides is 1. The van der Waals surface area contributed by atoms with Gasteiger partial charge in [0.15, 0.2) is 0 Å². The van der Waals surface area contributed by atoms with Gasteiger partial charge >= 0.3 is 0 Å². The van der Waals surface area contributed by atoms with E-state index in [1.807, 2.05) is 24.3 Å². The Bertz CT molecular complexity index is 1350. The second-order valence-electron chi connectivity index (χ2n) is 10.7. The molecule has 0 atom stereocenters. The molecule has 1 fully saturated rings. The zero-order valence-corrected chi connectivity index (χ0v) is 23.4. The Kier molecular flexibility index (Phi) is 7.72. The molecular weight excluding hydrogens is 492 g/mol. The lowest BCUT2D eigenvalue weighted by Gasteiger charge is -2.35. The molecule has 0 unspecified atom stereocenters. The van der Waals surface area contributed by atoms with Crippen molar-refractivity contribution in [1.82, 2.24) is 19.6 Å². The third kappa shape index (κ3) is 5.55. The maximum atomic E-state index is 13.5. The Morgan fingerprint density at radius 3 is 2.26 bits per heavy atom. The maximum absolute atomic E-state index is 13.5. The minimum Gasteiger partial charge on any atom is -0.497 e. The largest absolute Gasteiger partial charge is 0.497 e. The van der Waals surface area contributed by atoms with Gasteiger partial charge in [-0.1, -0.05) is 17.7 Å². The van der Waals surface area contributed by atoms with E-state index in [1.165, 1.54) is 26.9 Å². The quantitative estimate of drug-likeness (QED) is 0.500. The van der Waals surface area contributed by atoms with Crippen molar-refractivity contribution >= 4 is 23.3 Å². The number of carbonyl (C=O) groups excluding carboxylic acids is 2. The highest BCUT2D eigenvalue weighted by atomic mass is 16.5. The van der Waals surface area contributed by atoms with E-state index in [4.69, 9.17) is 10.5 Å². The number of fused-ring (bicyclic) bond motifs is 1. The van der Waals surface area contributed by atoms with Crippen molar-refractivity contribution in [2.24, 2.45) is 0 Å². The highest BCUT2D eigenvalue weighted by molar-refractivity contribution is 6.09. The number of ether oxygens (including phenoxy) is 1. The molecule has 0 aliphatic carbocycles. The van der Waals surface area contributed by atoms with Crippen LogP contribution in [0.3, 0.4) is 0 Å². The first-order valence-corrected chi connectivity index (χ1v) is 13.6. The highest BCUT2D eigenvalue weighted by Gasteiger charge is 2.34. The van der Waals surface area contributed by atoms with Crippen LogP contribution in [0.5, 0.6) is 5.75 Å². The fourth-order valence-electron chi connectivity index (χ4n) is 5.79. The van der Waals surface area contributed by atoms with Crippen molar-refractivity contribution in [3.63, 3.8) is 0 Å². The Labute approximate surface area is 230 Å². The molecule has 3 aromatic rings. The molecule has 5 rings (SSSR count). The van der Waals surface area contributed by atoms with Gasteiger partial charge in [0.1, 0.15) is 17.3 Å². The molecular formula is C30H38N6O3. The summed E-state index contributed by atoms with van der Waals surface area (Å²) in [5, 5.41) is 4.29. The number of rotatable bonds is 7. The summed E-state index contributed by atoms with van der Waals surface area (Å²) in [6, 6.07) is 11.8. The number of carbonyl (C=O) groups is 2. The molecule has 0 spiro atoms. The normalized spacial score (nSPS) is 16.4. The average molecular weight is 531 g/mol. The number of methoxy groups -OCH3 is 1. The van der Waals surface area contributed by atoms with E-state index >= 15 is 0 Å². The van der Waals surface area contributed by atoms with Gasteiger partial charge in [0.2, 0.25) is 5.91 Å². The molecule has 1 saturated heterocycles. The Hall–Kier alpha value is -3.69. The van der Waals surface area contributed by atoms with Gasteiger partial charge in [0.05, 0.1) is 7.11 Å². The van der Waals surface area contributed by atoms with Gasteiger partial charge in [-0.15, -0.1) is 5.10 Å². The molecule has 3 heterocycles. The van der Waals surface area contributed by atoms with E-state index in [-0.39, 0.29) is 29.7 Å². The van der Waals surface area contributed by atoms with Crippen molar-refractivity contribution in [2.75, 3.05) is 57.0 Å². The number of aromatic nitrogens is 2. The van der Waals surface area contributed by atoms with E-state index in [0.29, 0.717) is 25.1 Å². The van der Waals surface area contributed by atoms with Crippen LogP contribution in [0.2, 0.25) is 0 Å². The molecule has 1 aromatic heterocycles. The summed E-state index contributed by atoms with van der Waals surface area (Å²) in [6.45, 7) is 12.3. The van der Waals surface area contributed by atoms with E-state index in [0.717, 1.165) is 44.2 Å². The predicted molar refractivity (Wildman–Crippen MR) is 153 cm³/mol. The number of anilines is 2. The summed E-state index contributed by atoms with van der Waals surface area (Å²) in [4.78, 5) is 33.2. The Balaban J connectivity index is 1.19. The Morgan fingerprint density at radius 2 is 1.62 bits per heavy atom. The van der Waals surface area contributed by atoms with E-state index < -0.39 is 0 Å². The number of hydrogen-bond donors (Lipinski definition) is 1. The lowest BCUT2D eigenvalue weighted by Crippen LogP contribution is -2.46. The topological polar surface area (TPSA) is 96.9 Å². The van der Waals surface area contributed by atoms with Crippen LogP contribution in [0.25, 0.3) is 0 Å². The van der Waals surface area contributed by atoms with Crippen LogP contribution in [-0.2, 0) is 13.0 Å². The van der Waals surface area contributed by atoms with Crippen LogP contribution in [0.4, 0.5) is 11.5 Å². The van der Waals surface area contributed by atoms with E-state index in [9.17, 15) is 9.59 Å². The molecule has 9 nitrogen and oxygen atoms in total. The standard InChI is InChI=1S/C30H38N6O3/c1-20-17-21(2)26(22(3)18-20)19-34-15-13-33(14-16-34)11-10-27(37)36-28-25(29(31)32-36)9-12-35(30(28)38)23-5-7-24(39-4)8-6-23/h5-8,17-18H,9-16,19H2,1-4H3,(H2,31,32). The molecule has 39 heavy (non-hydrogen) atoms. The van der Waals surface area contributed by atoms with Gasteiger partial charge in [-0.25, -0.2) is 0 Å². The summed E-state index contributed by atoms with van der Waals surface area (Å²) in [7, 11) is 1.60. The second kappa shape index (κ2) is 11.2. The number of hydrogen-bond acceptors (Lipinski definition) is 7. The fourth-order valence-corrected chi connectivity index (χ4v) is 5.79. The SMILES string of the molecule is COc1ccc(N2CCc3c(N)nn(C(=O)CCN4CCN(Cc5c(C)cc(C)cc5C)CC4)c3C2=O)cc1. The van der Waals surface area contributed by atoms with Crippen molar-refractivity contribution < 1.29 is 14.3 Å².